The van der Waals surface area contributed by atoms with Crippen LogP contribution in [0.3, 0.4) is 0 Å². The van der Waals surface area contributed by atoms with Gasteiger partial charge >= 0.3 is 8.80 Å². The van der Waals surface area contributed by atoms with Crippen molar-refractivity contribution in [1.82, 2.24) is 0 Å². The lowest BCUT2D eigenvalue weighted by atomic mass is 10.6. The molecule has 0 aromatic heterocycles. The zero-order valence-electron chi connectivity index (χ0n) is 14.4. The Hall–Kier alpha value is -0.292. The van der Waals surface area contributed by atoms with E-state index in [1.54, 1.807) is 0 Å². The predicted octanol–water partition coefficient (Wildman–Crippen LogP) is 1.72. The SMILES string of the molecule is C=C[Si](O[SiH2]C(C)=CC)(O[SiH2]C(C)=CC)O[SiH2]C(C)=CC. The first-order chi connectivity index (χ1) is 9.92. The van der Waals surface area contributed by atoms with Gasteiger partial charge in [0.2, 0.25) is 0 Å². The molecule has 0 heterocycles. The predicted molar refractivity (Wildman–Crippen MR) is 103 cm³/mol. The Labute approximate surface area is 138 Å². The minimum absolute atomic E-state index is 0.775. The van der Waals surface area contributed by atoms with Gasteiger partial charge in [0.15, 0.2) is 29.3 Å². The highest BCUT2D eigenvalue weighted by Gasteiger charge is 2.36. The van der Waals surface area contributed by atoms with Crippen LogP contribution >= 0.6 is 0 Å². The summed E-state index contributed by atoms with van der Waals surface area (Å²) < 4.78 is 18.6. The van der Waals surface area contributed by atoms with Crippen LogP contribution in [0.15, 0.2) is 46.1 Å². The van der Waals surface area contributed by atoms with Crippen LogP contribution in [0.25, 0.3) is 0 Å². The fourth-order valence-electron chi connectivity index (χ4n) is 1.20. The number of rotatable bonds is 10. The van der Waals surface area contributed by atoms with Crippen molar-refractivity contribution in [2.45, 2.75) is 41.5 Å². The van der Waals surface area contributed by atoms with E-state index in [-0.39, 0.29) is 0 Å². The van der Waals surface area contributed by atoms with Crippen LogP contribution in [0.4, 0.5) is 0 Å². The lowest BCUT2D eigenvalue weighted by molar-refractivity contribution is 0.304. The van der Waals surface area contributed by atoms with Crippen LogP contribution in [-0.2, 0) is 12.3 Å². The Bertz CT molecular complexity index is 361. The second-order valence-electron chi connectivity index (χ2n) is 5.08. The molecule has 0 bridgehead atoms. The zero-order valence-corrected chi connectivity index (χ0v) is 19.6. The molecule has 0 atom stereocenters. The summed E-state index contributed by atoms with van der Waals surface area (Å²) in [6.07, 6.45) is 6.33. The molecule has 0 spiro atoms. The molecule has 21 heavy (non-hydrogen) atoms. The fraction of sp³-hybridized carbons (Fsp3) is 0.429. The van der Waals surface area contributed by atoms with E-state index in [2.05, 4.69) is 45.6 Å². The molecule has 0 fully saturated rings. The minimum Gasteiger partial charge on any atom is -0.415 e. The van der Waals surface area contributed by atoms with Crippen molar-refractivity contribution in [3.8, 4) is 0 Å². The summed E-state index contributed by atoms with van der Waals surface area (Å²) in [6, 6.07) is 0. The third-order valence-electron chi connectivity index (χ3n) is 3.23. The molecule has 0 aliphatic heterocycles. The maximum Gasteiger partial charge on any atom is 0.497 e. The molecule has 0 aliphatic carbocycles. The van der Waals surface area contributed by atoms with Gasteiger partial charge in [-0.3, -0.25) is 0 Å². The van der Waals surface area contributed by atoms with Crippen molar-refractivity contribution in [2.24, 2.45) is 0 Å². The Balaban J connectivity index is 4.94. The van der Waals surface area contributed by atoms with Crippen molar-refractivity contribution in [2.75, 3.05) is 0 Å². The van der Waals surface area contributed by atoms with Crippen LogP contribution in [0.1, 0.15) is 41.5 Å². The number of allylic oxidation sites excluding steroid dienone is 6. The van der Waals surface area contributed by atoms with Crippen molar-refractivity contribution in [3.63, 3.8) is 0 Å². The molecule has 0 radical (unpaired) electrons. The molecule has 7 heteroatoms. The van der Waals surface area contributed by atoms with E-state index in [1.807, 2.05) is 26.5 Å². The van der Waals surface area contributed by atoms with E-state index in [1.165, 1.54) is 15.6 Å². The van der Waals surface area contributed by atoms with E-state index in [0.717, 1.165) is 0 Å². The third-order valence-corrected chi connectivity index (χ3v) is 12.9. The molecule has 0 N–H and O–H groups in total. The normalized spacial score (nSPS) is 18.5. The highest BCUT2D eigenvalue weighted by Crippen LogP contribution is 2.13. The highest BCUT2D eigenvalue weighted by atomic mass is 28.5. The van der Waals surface area contributed by atoms with Crippen molar-refractivity contribution >= 4 is 38.1 Å². The molecule has 120 valence electrons. The average molecular weight is 359 g/mol. The first kappa shape index (κ1) is 20.7. The third kappa shape index (κ3) is 8.66. The summed E-state index contributed by atoms with van der Waals surface area (Å²) in [4.78, 5) is 0. The van der Waals surface area contributed by atoms with Crippen LogP contribution in [-0.4, -0.2) is 38.1 Å². The van der Waals surface area contributed by atoms with Gasteiger partial charge in [0.1, 0.15) is 0 Å². The van der Waals surface area contributed by atoms with Crippen molar-refractivity contribution in [1.29, 1.82) is 0 Å². The first-order valence-corrected chi connectivity index (χ1v) is 13.0. The molecule has 0 saturated carbocycles. The maximum atomic E-state index is 6.18. The summed E-state index contributed by atoms with van der Waals surface area (Å²) in [5, 5.41) is 3.94. The smallest absolute Gasteiger partial charge is 0.415 e. The van der Waals surface area contributed by atoms with Crippen LogP contribution < -0.4 is 0 Å². The molecule has 3 nitrogen and oxygen atoms in total. The molecule has 0 unspecified atom stereocenters. The maximum absolute atomic E-state index is 6.18. The summed E-state index contributed by atoms with van der Waals surface area (Å²) in [7, 11) is -5.00. The Kier molecular flexibility index (Phi) is 11.1. The summed E-state index contributed by atoms with van der Waals surface area (Å²) in [5.74, 6) is 0. The Morgan fingerprint density at radius 1 is 0.762 bits per heavy atom. The second kappa shape index (κ2) is 11.3. The second-order valence-corrected chi connectivity index (χ2v) is 14.4. The standard InChI is InChI=1S/C14H30O3Si4/c1-8-12(5)18-15-21(11-4,16-19-13(6)9-2)17-20-14(7)10-3/h8-11H,4,18-20H2,1-3,5-7H3. The monoisotopic (exact) mass is 358 g/mol. The molecule has 0 rings (SSSR count). The molecule has 0 aliphatic rings. The molecule has 0 amide bonds. The quantitative estimate of drug-likeness (QED) is 0.557. The molecule has 0 saturated heterocycles. The summed E-state index contributed by atoms with van der Waals surface area (Å²) in [6.45, 7) is 16.4. The average Bonchev–Trinajstić information content (AvgIpc) is 2.53. The minimum atomic E-state index is -2.68. The van der Waals surface area contributed by atoms with E-state index >= 15 is 0 Å². The van der Waals surface area contributed by atoms with Gasteiger partial charge in [0.05, 0.1) is 0 Å². The molecule has 0 aromatic carbocycles. The van der Waals surface area contributed by atoms with E-state index in [9.17, 15) is 0 Å². The molecule has 0 aromatic rings. The summed E-state index contributed by atoms with van der Waals surface area (Å²) >= 11 is 0. The van der Waals surface area contributed by atoms with Gasteiger partial charge in [0, 0.05) is 0 Å². The van der Waals surface area contributed by atoms with Gasteiger partial charge in [-0.05, 0) is 47.2 Å². The van der Waals surface area contributed by atoms with Gasteiger partial charge < -0.3 is 12.3 Å². The Morgan fingerprint density at radius 2 is 1.05 bits per heavy atom. The van der Waals surface area contributed by atoms with E-state index in [0.29, 0.717) is 0 Å². The first-order valence-electron chi connectivity index (χ1n) is 7.33. The topological polar surface area (TPSA) is 27.7 Å². The van der Waals surface area contributed by atoms with Gasteiger partial charge in [-0.15, -0.1) is 6.58 Å². The van der Waals surface area contributed by atoms with Crippen LogP contribution in [0.2, 0.25) is 0 Å². The van der Waals surface area contributed by atoms with E-state index < -0.39 is 38.1 Å². The van der Waals surface area contributed by atoms with Gasteiger partial charge in [-0.25, -0.2) is 0 Å². The Morgan fingerprint density at radius 3 is 1.24 bits per heavy atom. The van der Waals surface area contributed by atoms with E-state index in [4.69, 9.17) is 12.3 Å². The largest absolute Gasteiger partial charge is 0.497 e. The number of hydrogen-bond donors (Lipinski definition) is 0. The van der Waals surface area contributed by atoms with Crippen LogP contribution in [0, 0.1) is 0 Å². The van der Waals surface area contributed by atoms with Gasteiger partial charge in [0.25, 0.3) is 0 Å². The zero-order chi connectivity index (χ0) is 16.3. The summed E-state index contributed by atoms with van der Waals surface area (Å²) in [5.41, 5.74) is 1.81. The van der Waals surface area contributed by atoms with Crippen molar-refractivity contribution in [3.05, 3.63) is 46.1 Å². The highest BCUT2D eigenvalue weighted by molar-refractivity contribution is 6.79. The van der Waals surface area contributed by atoms with Gasteiger partial charge in [-0.1, -0.05) is 33.8 Å². The lowest BCUT2D eigenvalue weighted by Gasteiger charge is -2.28. The fourth-order valence-corrected chi connectivity index (χ4v) is 11.5. The van der Waals surface area contributed by atoms with Gasteiger partial charge in [-0.2, -0.15) is 0 Å². The van der Waals surface area contributed by atoms with Crippen molar-refractivity contribution < 1.29 is 12.3 Å². The lowest BCUT2D eigenvalue weighted by Crippen LogP contribution is -2.47. The number of hydrogen-bond acceptors (Lipinski definition) is 3. The van der Waals surface area contributed by atoms with Crippen LogP contribution in [0.5, 0.6) is 0 Å². The molecular formula is C14H30O3Si4. The molecular weight excluding hydrogens is 328 g/mol.